The van der Waals surface area contributed by atoms with Crippen molar-refractivity contribution < 1.29 is 19.1 Å². The van der Waals surface area contributed by atoms with Crippen LogP contribution in [0.5, 0.6) is 0 Å². The number of hydrogen-bond donors (Lipinski definition) is 4. The number of nitrogens with one attached hydrogen (secondary N) is 4. The number of H-pyrrole nitrogens is 2. The number of aromatic nitrogens is 4. The molecule has 6 rings (SSSR count). The molecule has 0 spiro atoms. The third kappa shape index (κ3) is 8.19. The lowest BCUT2D eigenvalue weighted by molar-refractivity contribution is 0.134. The van der Waals surface area contributed by atoms with E-state index in [4.69, 9.17) is 19.4 Å². The second kappa shape index (κ2) is 15.3. The maximum Gasteiger partial charge on any atom is 0.408 e. The lowest BCUT2D eigenvalue weighted by Gasteiger charge is -2.14. The van der Waals surface area contributed by atoms with E-state index < -0.39 is 12.2 Å². The van der Waals surface area contributed by atoms with E-state index in [9.17, 15) is 9.59 Å². The predicted molar refractivity (Wildman–Crippen MR) is 185 cm³/mol. The fraction of sp³-hybridized carbons (Fsp3) is 0.263. The smallest absolute Gasteiger partial charge is 0.408 e. The van der Waals surface area contributed by atoms with E-state index in [0.29, 0.717) is 24.5 Å². The van der Waals surface area contributed by atoms with Gasteiger partial charge in [-0.1, -0.05) is 86.6 Å². The van der Waals surface area contributed by atoms with Crippen molar-refractivity contribution in [1.82, 2.24) is 30.6 Å². The minimum absolute atomic E-state index is 0.212. The largest absolute Gasteiger partial charge is 0.445 e. The number of ether oxygens (including phenoxy) is 2. The van der Waals surface area contributed by atoms with E-state index in [1.807, 2.05) is 86.6 Å². The molecular formula is C38H40N6O4. The second-order valence-electron chi connectivity index (χ2n) is 11.8. The van der Waals surface area contributed by atoms with Crippen LogP contribution in [0.4, 0.5) is 9.59 Å². The molecule has 2 amide bonds. The van der Waals surface area contributed by atoms with Gasteiger partial charge in [-0.15, -0.1) is 0 Å². The summed E-state index contributed by atoms with van der Waals surface area (Å²) in [6.07, 6.45) is 2.05. The van der Waals surface area contributed by atoms with Crippen LogP contribution in [0.25, 0.3) is 22.1 Å². The summed E-state index contributed by atoms with van der Waals surface area (Å²) in [5.74, 6) is 1.40. The highest BCUT2D eigenvalue weighted by Crippen LogP contribution is 2.23. The van der Waals surface area contributed by atoms with Crippen molar-refractivity contribution >= 4 is 34.3 Å². The van der Waals surface area contributed by atoms with Crippen LogP contribution in [0.15, 0.2) is 97.1 Å². The topological polar surface area (TPSA) is 134 Å². The molecule has 6 aromatic rings. The van der Waals surface area contributed by atoms with E-state index in [2.05, 4.69) is 44.9 Å². The summed E-state index contributed by atoms with van der Waals surface area (Å²) in [5, 5.41) is 5.87. The fourth-order valence-electron chi connectivity index (χ4n) is 5.62. The van der Waals surface area contributed by atoms with Gasteiger partial charge >= 0.3 is 12.2 Å². The first-order chi connectivity index (χ1) is 23.5. The summed E-state index contributed by atoms with van der Waals surface area (Å²) in [5.41, 5.74) is 7.77. The van der Waals surface area contributed by atoms with Crippen LogP contribution in [0.1, 0.15) is 72.7 Å². The van der Waals surface area contributed by atoms with Gasteiger partial charge in [0.1, 0.15) is 24.9 Å². The molecule has 4 N–H and O–H groups in total. The molecule has 0 bridgehead atoms. The lowest BCUT2D eigenvalue weighted by atomic mass is 10.0. The third-order valence-electron chi connectivity index (χ3n) is 8.32. The Balaban J connectivity index is 1.05. The summed E-state index contributed by atoms with van der Waals surface area (Å²) >= 11 is 0. The van der Waals surface area contributed by atoms with Gasteiger partial charge in [-0.3, -0.25) is 0 Å². The monoisotopic (exact) mass is 644 g/mol. The number of nitrogens with zero attached hydrogens (tertiary/aromatic N) is 2. The Morgan fingerprint density at radius 2 is 1.02 bits per heavy atom. The molecule has 0 unspecified atom stereocenters. The zero-order valence-electron chi connectivity index (χ0n) is 27.2. The van der Waals surface area contributed by atoms with Gasteiger partial charge in [-0.05, 0) is 72.2 Å². The standard InChI is InChI=1S/C38H40N6O4/c1-3-29(43-37(45)47-23-27-11-7-5-8-12-27)35-39-31-19-17-25(21-33(31)41-35)15-16-26-18-20-32-34(22-26)42-36(40-32)30(4-2)44-38(46)48-24-28-13-9-6-10-14-28/h5-14,17-22,29-30H,3-4,15-16,23-24H2,1-2H3,(H,39,41)(H,40,42)(H,43,45)(H,44,46)/t29-,30-/m0/s1. The van der Waals surface area contributed by atoms with Crippen molar-refractivity contribution in [2.45, 2.75) is 64.8 Å². The molecule has 0 saturated carbocycles. The summed E-state index contributed by atoms with van der Waals surface area (Å²) < 4.78 is 10.8. The van der Waals surface area contributed by atoms with E-state index in [-0.39, 0.29) is 25.3 Å². The number of benzene rings is 4. The van der Waals surface area contributed by atoms with Crippen molar-refractivity contribution in [2.75, 3.05) is 0 Å². The molecule has 0 aliphatic heterocycles. The molecular weight excluding hydrogens is 604 g/mol. The molecule has 2 heterocycles. The van der Waals surface area contributed by atoms with Crippen LogP contribution in [0, 0.1) is 0 Å². The van der Waals surface area contributed by atoms with Gasteiger partial charge in [0, 0.05) is 0 Å². The summed E-state index contributed by atoms with van der Waals surface area (Å²) in [7, 11) is 0. The third-order valence-corrected chi connectivity index (χ3v) is 8.32. The Bertz CT molecular complexity index is 1830. The molecule has 0 aliphatic carbocycles. The fourth-order valence-corrected chi connectivity index (χ4v) is 5.62. The molecule has 0 radical (unpaired) electrons. The average Bonchev–Trinajstić information content (AvgIpc) is 3.75. The number of hydrogen-bond acceptors (Lipinski definition) is 6. The van der Waals surface area contributed by atoms with Crippen molar-refractivity contribution in [3.63, 3.8) is 0 Å². The lowest BCUT2D eigenvalue weighted by Crippen LogP contribution is -2.29. The molecule has 48 heavy (non-hydrogen) atoms. The molecule has 2 atom stereocenters. The van der Waals surface area contributed by atoms with Gasteiger partial charge in [0.15, 0.2) is 0 Å². The van der Waals surface area contributed by atoms with Crippen LogP contribution in [0.2, 0.25) is 0 Å². The Labute approximate surface area is 279 Å². The number of imidazole rings is 2. The first-order valence-electron chi connectivity index (χ1n) is 16.4. The maximum atomic E-state index is 12.5. The van der Waals surface area contributed by atoms with Gasteiger partial charge in [0.25, 0.3) is 0 Å². The normalized spacial score (nSPS) is 12.5. The number of alkyl carbamates (subject to hydrolysis) is 2. The van der Waals surface area contributed by atoms with E-state index in [1.54, 1.807) is 0 Å². The van der Waals surface area contributed by atoms with Gasteiger partial charge in [0.2, 0.25) is 0 Å². The van der Waals surface area contributed by atoms with Crippen LogP contribution < -0.4 is 10.6 Å². The Morgan fingerprint density at radius 1 is 0.604 bits per heavy atom. The van der Waals surface area contributed by atoms with E-state index in [0.717, 1.165) is 46.0 Å². The summed E-state index contributed by atoms with van der Waals surface area (Å²) in [6.45, 7) is 4.42. The van der Waals surface area contributed by atoms with Crippen LogP contribution in [0.3, 0.4) is 0 Å². The number of aromatic amines is 2. The SMILES string of the molecule is CC[C@H](NC(=O)OCc1ccccc1)c1nc2ccc(CCc3ccc4nc([C@H](CC)NC(=O)OCc5ccccc5)[nH]c4c3)cc2[nH]1. The van der Waals surface area contributed by atoms with Gasteiger partial charge in [-0.25, -0.2) is 19.6 Å². The number of carbonyl (C=O) groups is 2. The van der Waals surface area contributed by atoms with Crippen LogP contribution in [-0.2, 0) is 35.5 Å². The number of rotatable bonds is 13. The molecule has 0 fully saturated rings. The van der Waals surface area contributed by atoms with Crippen molar-refractivity contribution in [2.24, 2.45) is 0 Å². The van der Waals surface area contributed by atoms with E-state index in [1.165, 1.54) is 11.1 Å². The molecule has 2 aromatic heterocycles. The molecule has 0 saturated heterocycles. The summed E-state index contributed by atoms with van der Waals surface area (Å²) in [4.78, 5) is 41.3. The van der Waals surface area contributed by atoms with Gasteiger partial charge < -0.3 is 30.1 Å². The van der Waals surface area contributed by atoms with Gasteiger partial charge in [0.05, 0.1) is 34.2 Å². The zero-order valence-corrected chi connectivity index (χ0v) is 27.2. The zero-order chi connectivity index (χ0) is 33.3. The van der Waals surface area contributed by atoms with Crippen molar-refractivity contribution in [3.8, 4) is 0 Å². The molecule has 0 aliphatic rings. The van der Waals surface area contributed by atoms with Crippen LogP contribution in [-0.4, -0.2) is 32.1 Å². The highest BCUT2D eigenvalue weighted by atomic mass is 16.6. The Kier molecular flexibility index (Phi) is 10.3. The minimum Gasteiger partial charge on any atom is -0.445 e. The molecule has 10 nitrogen and oxygen atoms in total. The Morgan fingerprint density at radius 3 is 1.42 bits per heavy atom. The second-order valence-corrected chi connectivity index (χ2v) is 11.8. The highest BCUT2D eigenvalue weighted by Gasteiger charge is 2.19. The summed E-state index contributed by atoms with van der Waals surface area (Å²) in [6, 6.07) is 31.1. The first-order valence-corrected chi connectivity index (χ1v) is 16.4. The number of aryl methyl sites for hydroxylation is 2. The number of carbonyl (C=O) groups excluding carboxylic acids is 2. The molecule has 4 aromatic carbocycles. The minimum atomic E-state index is -0.476. The number of fused-ring (bicyclic) bond motifs is 2. The highest BCUT2D eigenvalue weighted by molar-refractivity contribution is 5.77. The van der Waals surface area contributed by atoms with Crippen molar-refractivity contribution in [1.29, 1.82) is 0 Å². The maximum absolute atomic E-state index is 12.5. The Hall–Kier alpha value is -5.64. The first kappa shape index (κ1) is 32.3. The molecule has 246 valence electrons. The van der Waals surface area contributed by atoms with E-state index >= 15 is 0 Å². The van der Waals surface area contributed by atoms with Gasteiger partial charge in [-0.2, -0.15) is 0 Å². The quantitative estimate of drug-likeness (QED) is 0.101. The van der Waals surface area contributed by atoms with Crippen molar-refractivity contribution in [3.05, 3.63) is 131 Å². The predicted octanol–water partition coefficient (Wildman–Crippen LogP) is 7.98. The average molecular weight is 645 g/mol. The number of amides is 2. The molecule has 10 heteroatoms. The van der Waals surface area contributed by atoms with Crippen LogP contribution >= 0.6 is 0 Å².